The average molecular weight is 246 g/mol. The molecule has 0 fully saturated rings. The summed E-state index contributed by atoms with van der Waals surface area (Å²) < 4.78 is 5.41. The van der Waals surface area contributed by atoms with Gasteiger partial charge in [0, 0.05) is 0 Å². The highest BCUT2D eigenvalue weighted by Gasteiger charge is 2.19. The van der Waals surface area contributed by atoms with Crippen LogP contribution in [0.4, 0.5) is 11.6 Å². The summed E-state index contributed by atoms with van der Waals surface area (Å²) in [7, 11) is 0. The highest BCUT2D eigenvalue weighted by Crippen LogP contribution is 2.30. The second kappa shape index (κ2) is 4.66. The monoisotopic (exact) mass is 246 g/mol. The average Bonchev–Trinajstić information content (AvgIpc) is 2.32. The van der Waals surface area contributed by atoms with Crippen molar-refractivity contribution in [2.24, 2.45) is 0 Å². The van der Waals surface area contributed by atoms with Crippen molar-refractivity contribution in [2.45, 2.75) is 6.92 Å². The van der Waals surface area contributed by atoms with Gasteiger partial charge in [-0.2, -0.15) is 4.98 Å². The summed E-state index contributed by atoms with van der Waals surface area (Å²) in [5.74, 6) is 0.240. The minimum absolute atomic E-state index is 0.0795. The van der Waals surface area contributed by atoms with Crippen LogP contribution in [-0.4, -0.2) is 14.9 Å². The summed E-state index contributed by atoms with van der Waals surface area (Å²) in [6.45, 7) is 1.83. The maximum atomic E-state index is 10.8. The van der Waals surface area contributed by atoms with Gasteiger partial charge in [-0.3, -0.25) is 10.1 Å². The molecule has 1 heterocycles. The number of nitrogens with zero attached hydrogens (tertiary/aromatic N) is 3. The van der Waals surface area contributed by atoms with Crippen LogP contribution in [0.5, 0.6) is 11.6 Å². The van der Waals surface area contributed by atoms with Crippen LogP contribution in [-0.2, 0) is 0 Å². The largest absolute Gasteiger partial charge is 0.433 e. The van der Waals surface area contributed by atoms with Gasteiger partial charge >= 0.3 is 11.6 Å². The molecule has 0 amide bonds. The molecular weight excluding hydrogens is 236 g/mol. The van der Waals surface area contributed by atoms with E-state index in [-0.39, 0.29) is 17.5 Å². The molecule has 2 rings (SSSR count). The first kappa shape index (κ1) is 11.8. The van der Waals surface area contributed by atoms with E-state index in [1.807, 2.05) is 19.1 Å². The Morgan fingerprint density at radius 2 is 2.11 bits per heavy atom. The molecule has 92 valence electrons. The lowest BCUT2D eigenvalue weighted by molar-refractivity contribution is -0.386. The Balaban J connectivity index is 2.42. The second-order valence-corrected chi connectivity index (χ2v) is 3.54. The van der Waals surface area contributed by atoms with Crippen LogP contribution < -0.4 is 10.5 Å². The molecule has 0 aliphatic carbocycles. The normalized spacial score (nSPS) is 10.1. The maximum Gasteiger partial charge on any atom is 0.349 e. The summed E-state index contributed by atoms with van der Waals surface area (Å²) in [5.41, 5.74) is 5.91. The number of aromatic nitrogens is 2. The summed E-state index contributed by atoms with van der Waals surface area (Å²) in [6.07, 6.45) is 1.02. The SMILES string of the molecule is Cc1ccccc1Oc1nc(N)ncc1[N+](=O)[O-]. The molecule has 0 aliphatic rings. The van der Waals surface area contributed by atoms with Gasteiger partial charge in [0.15, 0.2) is 0 Å². The third-order valence-corrected chi connectivity index (χ3v) is 2.25. The minimum Gasteiger partial charge on any atom is -0.433 e. The molecule has 0 spiro atoms. The molecule has 0 unspecified atom stereocenters. The number of nitrogens with two attached hydrogens (primary N) is 1. The molecule has 7 nitrogen and oxygen atoms in total. The van der Waals surface area contributed by atoms with Crippen LogP contribution in [0.1, 0.15) is 5.56 Å². The van der Waals surface area contributed by atoms with E-state index in [0.29, 0.717) is 5.75 Å². The van der Waals surface area contributed by atoms with Crippen molar-refractivity contribution in [3.63, 3.8) is 0 Å². The van der Waals surface area contributed by atoms with Gasteiger partial charge in [-0.05, 0) is 18.6 Å². The summed E-state index contributed by atoms with van der Waals surface area (Å²) in [6, 6.07) is 7.12. The molecule has 2 N–H and O–H groups in total. The number of hydrogen-bond donors (Lipinski definition) is 1. The standard InChI is InChI=1S/C11H10N4O3/c1-7-4-2-3-5-9(7)18-10-8(15(16)17)6-13-11(12)14-10/h2-6H,1H3,(H2,12,13,14). The number of nitrogen functional groups attached to an aromatic ring is 1. The molecule has 0 aliphatic heterocycles. The molecule has 7 heteroatoms. The highest BCUT2D eigenvalue weighted by molar-refractivity contribution is 5.45. The number of hydrogen-bond acceptors (Lipinski definition) is 6. The fourth-order valence-electron chi connectivity index (χ4n) is 1.35. The fraction of sp³-hybridized carbons (Fsp3) is 0.0909. The van der Waals surface area contributed by atoms with Crippen molar-refractivity contribution in [3.05, 3.63) is 46.1 Å². The number of rotatable bonds is 3. The van der Waals surface area contributed by atoms with Crippen LogP contribution in [0.3, 0.4) is 0 Å². The summed E-state index contributed by atoms with van der Waals surface area (Å²) in [5, 5.41) is 10.8. The predicted molar refractivity (Wildman–Crippen MR) is 64.4 cm³/mol. The quantitative estimate of drug-likeness (QED) is 0.656. The van der Waals surface area contributed by atoms with E-state index in [4.69, 9.17) is 10.5 Å². The molecule has 0 saturated carbocycles. The Morgan fingerprint density at radius 3 is 2.78 bits per heavy atom. The molecular formula is C11H10N4O3. The van der Waals surface area contributed by atoms with E-state index in [1.54, 1.807) is 12.1 Å². The molecule has 2 aromatic rings. The number of benzene rings is 1. The predicted octanol–water partition coefficient (Wildman–Crippen LogP) is 2.07. The lowest BCUT2D eigenvalue weighted by Gasteiger charge is -2.07. The van der Waals surface area contributed by atoms with E-state index in [9.17, 15) is 10.1 Å². The van der Waals surface area contributed by atoms with Crippen molar-refractivity contribution in [1.29, 1.82) is 0 Å². The molecule has 0 saturated heterocycles. The Labute approximate surface area is 102 Å². The van der Waals surface area contributed by atoms with E-state index in [0.717, 1.165) is 11.8 Å². The van der Waals surface area contributed by atoms with Crippen LogP contribution in [0.25, 0.3) is 0 Å². The number of anilines is 1. The minimum atomic E-state index is -0.618. The Hall–Kier alpha value is -2.70. The van der Waals surface area contributed by atoms with Gasteiger partial charge in [-0.15, -0.1) is 0 Å². The van der Waals surface area contributed by atoms with Crippen molar-refractivity contribution in [2.75, 3.05) is 5.73 Å². The van der Waals surface area contributed by atoms with Gasteiger partial charge in [0.25, 0.3) is 0 Å². The number of aryl methyl sites for hydroxylation is 1. The lowest BCUT2D eigenvalue weighted by Crippen LogP contribution is -2.01. The van der Waals surface area contributed by atoms with Crippen LogP contribution in [0.2, 0.25) is 0 Å². The van der Waals surface area contributed by atoms with Crippen LogP contribution in [0, 0.1) is 17.0 Å². The topological polar surface area (TPSA) is 104 Å². The van der Waals surface area contributed by atoms with Gasteiger partial charge in [0.2, 0.25) is 5.95 Å². The fourth-order valence-corrected chi connectivity index (χ4v) is 1.35. The zero-order valence-corrected chi connectivity index (χ0v) is 9.53. The zero-order valence-electron chi connectivity index (χ0n) is 9.53. The van der Waals surface area contributed by atoms with Crippen LogP contribution >= 0.6 is 0 Å². The van der Waals surface area contributed by atoms with Gasteiger partial charge in [-0.1, -0.05) is 18.2 Å². The van der Waals surface area contributed by atoms with Crippen molar-refractivity contribution < 1.29 is 9.66 Å². The number of nitro groups is 1. The van der Waals surface area contributed by atoms with Crippen molar-refractivity contribution in [3.8, 4) is 11.6 Å². The Bertz CT molecular complexity index is 601. The number of ether oxygens (including phenoxy) is 1. The lowest BCUT2D eigenvalue weighted by atomic mass is 10.2. The first-order chi connectivity index (χ1) is 8.58. The highest BCUT2D eigenvalue weighted by atomic mass is 16.6. The summed E-state index contributed by atoms with van der Waals surface area (Å²) >= 11 is 0. The maximum absolute atomic E-state index is 10.8. The molecule has 0 atom stereocenters. The smallest absolute Gasteiger partial charge is 0.349 e. The van der Waals surface area contributed by atoms with Gasteiger partial charge in [-0.25, -0.2) is 4.98 Å². The first-order valence-electron chi connectivity index (χ1n) is 5.08. The Kier molecular flexibility index (Phi) is 3.05. The van der Waals surface area contributed by atoms with E-state index < -0.39 is 4.92 Å². The molecule has 18 heavy (non-hydrogen) atoms. The van der Waals surface area contributed by atoms with Crippen molar-refractivity contribution in [1.82, 2.24) is 9.97 Å². The van der Waals surface area contributed by atoms with Gasteiger partial charge in [0.05, 0.1) is 4.92 Å². The third kappa shape index (κ3) is 2.34. The summed E-state index contributed by atoms with van der Waals surface area (Å²) in [4.78, 5) is 17.5. The molecule has 1 aromatic heterocycles. The van der Waals surface area contributed by atoms with E-state index in [1.165, 1.54) is 0 Å². The second-order valence-electron chi connectivity index (χ2n) is 3.54. The first-order valence-corrected chi connectivity index (χ1v) is 5.08. The molecule has 1 aromatic carbocycles. The van der Waals surface area contributed by atoms with Crippen LogP contribution in [0.15, 0.2) is 30.5 Å². The molecule has 0 bridgehead atoms. The van der Waals surface area contributed by atoms with Gasteiger partial charge in [0.1, 0.15) is 11.9 Å². The number of para-hydroxylation sites is 1. The Morgan fingerprint density at radius 1 is 1.39 bits per heavy atom. The van der Waals surface area contributed by atoms with Gasteiger partial charge < -0.3 is 10.5 Å². The zero-order chi connectivity index (χ0) is 13.1. The van der Waals surface area contributed by atoms with Crippen molar-refractivity contribution >= 4 is 11.6 Å². The van der Waals surface area contributed by atoms with E-state index >= 15 is 0 Å². The van der Waals surface area contributed by atoms with E-state index in [2.05, 4.69) is 9.97 Å². The molecule has 0 radical (unpaired) electrons. The third-order valence-electron chi connectivity index (χ3n) is 2.25.